The van der Waals surface area contributed by atoms with Gasteiger partial charge in [-0.2, -0.15) is 4.98 Å². The van der Waals surface area contributed by atoms with E-state index in [-0.39, 0.29) is 17.4 Å². The van der Waals surface area contributed by atoms with Gasteiger partial charge in [-0.1, -0.05) is 12.1 Å². The van der Waals surface area contributed by atoms with Gasteiger partial charge in [0.15, 0.2) is 11.5 Å². The summed E-state index contributed by atoms with van der Waals surface area (Å²) >= 11 is 0. The van der Waals surface area contributed by atoms with Crippen LogP contribution in [-0.4, -0.2) is 35.7 Å². The standard InChI is InChI=1S/C22H24N4O5/c1-14-9-15(2)11-17(10-14)31-22-20(26(27)28)21(24-13-25-22)23-8-7-16-5-6-18(29-3)19(12-16)30-4/h5-6,9-13H,7-8H2,1-4H3,(H,23,24,25). The molecule has 0 aliphatic heterocycles. The van der Waals surface area contributed by atoms with Gasteiger partial charge in [-0.05, 0) is 61.2 Å². The fourth-order valence-electron chi connectivity index (χ4n) is 3.20. The Bertz CT molecular complexity index is 1070. The SMILES string of the molecule is COc1ccc(CCNc2ncnc(Oc3cc(C)cc(C)c3)c2[N+](=O)[O-])cc1OC. The third-order valence-corrected chi connectivity index (χ3v) is 4.54. The van der Waals surface area contributed by atoms with E-state index in [4.69, 9.17) is 14.2 Å². The third kappa shape index (κ3) is 5.39. The van der Waals surface area contributed by atoms with Gasteiger partial charge in [-0.15, -0.1) is 0 Å². The number of nitro groups is 1. The lowest BCUT2D eigenvalue weighted by Crippen LogP contribution is -2.10. The maximum absolute atomic E-state index is 11.7. The molecule has 0 amide bonds. The Labute approximate surface area is 180 Å². The smallest absolute Gasteiger partial charge is 0.373 e. The lowest BCUT2D eigenvalue weighted by Gasteiger charge is -2.11. The maximum atomic E-state index is 11.7. The van der Waals surface area contributed by atoms with Crippen LogP contribution in [0.4, 0.5) is 11.5 Å². The summed E-state index contributed by atoms with van der Waals surface area (Å²) in [6.45, 7) is 4.27. The summed E-state index contributed by atoms with van der Waals surface area (Å²) in [4.78, 5) is 19.2. The summed E-state index contributed by atoms with van der Waals surface area (Å²) in [5, 5.41) is 14.7. The molecule has 0 bridgehead atoms. The average molecular weight is 424 g/mol. The van der Waals surface area contributed by atoms with E-state index >= 15 is 0 Å². The fourth-order valence-corrected chi connectivity index (χ4v) is 3.20. The largest absolute Gasteiger partial charge is 0.493 e. The predicted molar refractivity (Wildman–Crippen MR) is 116 cm³/mol. The number of ether oxygens (including phenoxy) is 3. The minimum Gasteiger partial charge on any atom is -0.493 e. The first-order chi connectivity index (χ1) is 14.9. The third-order valence-electron chi connectivity index (χ3n) is 4.54. The van der Waals surface area contributed by atoms with Crippen molar-refractivity contribution in [2.45, 2.75) is 20.3 Å². The molecule has 0 saturated heterocycles. The Kier molecular flexibility index (Phi) is 6.86. The number of hydrogen-bond acceptors (Lipinski definition) is 8. The first-order valence-corrected chi connectivity index (χ1v) is 9.61. The molecular weight excluding hydrogens is 400 g/mol. The first kappa shape index (κ1) is 21.8. The van der Waals surface area contributed by atoms with E-state index in [0.29, 0.717) is 30.2 Å². The summed E-state index contributed by atoms with van der Waals surface area (Å²) in [5.74, 6) is 1.73. The Morgan fingerprint density at radius 3 is 2.35 bits per heavy atom. The number of hydrogen-bond donors (Lipinski definition) is 1. The van der Waals surface area contributed by atoms with E-state index in [2.05, 4.69) is 15.3 Å². The zero-order valence-electron chi connectivity index (χ0n) is 17.8. The van der Waals surface area contributed by atoms with Crippen LogP contribution in [0.2, 0.25) is 0 Å². The second kappa shape index (κ2) is 9.75. The summed E-state index contributed by atoms with van der Waals surface area (Å²) < 4.78 is 16.3. The van der Waals surface area contributed by atoms with Gasteiger partial charge in [0.1, 0.15) is 12.1 Å². The molecule has 0 atom stereocenters. The molecule has 3 rings (SSSR count). The van der Waals surface area contributed by atoms with E-state index in [1.165, 1.54) is 6.33 Å². The summed E-state index contributed by atoms with van der Waals surface area (Å²) in [5.41, 5.74) is 2.64. The molecule has 2 aromatic carbocycles. The van der Waals surface area contributed by atoms with Crippen LogP contribution < -0.4 is 19.5 Å². The van der Waals surface area contributed by atoms with Crippen molar-refractivity contribution in [3.8, 4) is 23.1 Å². The highest BCUT2D eigenvalue weighted by atomic mass is 16.6. The summed E-state index contributed by atoms with van der Waals surface area (Å²) in [6.07, 6.45) is 1.83. The van der Waals surface area contributed by atoms with Gasteiger partial charge >= 0.3 is 11.6 Å². The van der Waals surface area contributed by atoms with Gasteiger partial charge < -0.3 is 19.5 Å². The molecule has 0 saturated carbocycles. The number of anilines is 1. The Morgan fingerprint density at radius 2 is 1.71 bits per heavy atom. The zero-order valence-corrected chi connectivity index (χ0v) is 17.8. The quantitative estimate of drug-likeness (QED) is 0.396. The van der Waals surface area contributed by atoms with E-state index in [0.717, 1.165) is 16.7 Å². The Morgan fingerprint density at radius 1 is 1.00 bits per heavy atom. The van der Waals surface area contributed by atoms with Gasteiger partial charge in [0.05, 0.1) is 19.1 Å². The first-order valence-electron chi connectivity index (χ1n) is 9.61. The predicted octanol–water partition coefficient (Wildman–Crippen LogP) is 4.47. The molecule has 0 fully saturated rings. The van der Waals surface area contributed by atoms with Gasteiger partial charge in [0.25, 0.3) is 0 Å². The Balaban J connectivity index is 1.77. The molecule has 1 aromatic heterocycles. The zero-order chi connectivity index (χ0) is 22.4. The maximum Gasteiger partial charge on any atom is 0.373 e. The number of rotatable bonds is 9. The van der Waals surface area contributed by atoms with Gasteiger partial charge in [-0.25, -0.2) is 4.98 Å². The monoisotopic (exact) mass is 424 g/mol. The number of benzene rings is 2. The fraction of sp³-hybridized carbons (Fsp3) is 0.273. The van der Waals surface area contributed by atoms with Crippen LogP contribution in [0.5, 0.6) is 23.1 Å². The van der Waals surface area contributed by atoms with Crippen molar-refractivity contribution in [3.63, 3.8) is 0 Å². The molecule has 0 spiro atoms. The lowest BCUT2D eigenvalue weighted by atomic mass is 10.1. The number of nitrogens with one attached hydrogen (secondary N) is 1. The molecule has 0 unspecified atom stereocenters. The molecule has 0 aliphatic rings. The molecule has 31 heavy (non-hydrogen) atoms. The minimum atomic E-state index is -0.545. The molecule has 0 radical (unpaired) electrons. The van der Waals surface area contributed by atoms with Crippen LogP contribution in [-0.2, 0) is 6.42 Å². The van der Waals surface area contributed by atoms with Gasteiger partial charge in [-0.3, -0.25) is 10.1 Å². The number of methoxy groups -OCH3 is 2. The van der Waals surface area contributed by atoms with Gasteiger partial charge in [0.2, 0.25) is 5.82 Å². The van der Waals surface area contributed by atoms with Crippen LogP contribution in [0, 0.1) is 24.0 Å². The van der Waals surface area contributed by atoms with Crippen LogP contribution >= 0.6 is 0 Å². The molecule has 3 aromatic rings. The lowest BCUT2D eigenvalue weighted by molar-refractivity contribution is -0.385. The van der Waals surface area contributed by atoms with E-state index < -0.39 is 4.92 Å². The summed E-state index contributed by atoms with van der Waals surface area (Å²) in [6, 6.07) is 11.2. The second-order valence-corrected chi connectivity index (χ2v) is 6.92. The van der Waals surface area contributed by atoms with Crippen molar-refractivity contribution in [3.05, 3.63) is 69.5 Å². The molecule has 9 nitrogen and oxygen atoms in total. The molecule has 162 valence electrons. The number of nitrogens with zero attached hydrogens (tertiary/aromatic N) is 3. The molecule has 1 N–H and O–H groups in total. The van der Waals surface area contributed by atoms with E-state index in [9.17, 15) is 10.1 Å². The van der Waals surface area contributed by atoms with Gasteiger partial charge in [0, 0.05) is 6.54 Å². The van der Waals surface area contributed by atoms with Crippen LogP contribution in [0.25, 0.3) is 0 Å². The average Bonchev–Trinajstić information content (AvgIpc) is 2.72. The van der Waals surface area contributed by atoms with Crippen LogP contribution in [0.3, 0.4) is 0 Å². The normalized spacial score (nSPS) is 10.5. The van der Waals surface area contributed by atoms with Crippen molar-refractivity contribution in [2.75, 3.05) is 26.1 Å². The summed E-state index contributed by atoms with van der Waals surface area (Å²) in [7, 11) is 3.15. The number of aromatic nitrogens is 2. The topological polar surface area (TPSA) is 109 Å². The van der Waals surface area contributed by atoms with E-state index in [1.54, 1.807) is 26.4 Å². The molecule has 9 heteroatoms. The van der Waals surface area contributed by atoms with E-state index in [1.807, 2.05) is 38.1 Å². The Hall–Kier alpha value is -3.88. The highest BCUT2D eigenvalue weighted by Crippen LogP contribution is 2.34. The van der Waals surface area contributed by atoms with Crippen molar-refractivity contribution >= 4 is 11.5 Å². The van der Waals surface area contributed by atoms with Crippen molar-refractivity contribution in [1.82, 2.24) is 9.97 Å². The van der Waals surface area contributed by atoms with Crippen molar-refractivity contribution in [2.24, 2.45) is 0 Å². The molecule has 1 heterocycles. The number of aryl methyl sites for hydroxylation is 2. The highest BCUT2D eigenvalue weighted by molar-refractivity contribution is 5.62. The molecular formula is C22H24N4O5. The second-order valence-electron chi connectivity index (χ2n) is 6.92. The van der Waals surface area contributed by atoms with Crippen molar-refractivity contribution in [1.29, 1.82) is 0 Å². The van der Waals surface area contributed by atoms with Crippen molar-refractivity contribution < 1.29 is 19.1 Å². The minimum absolute atomic E-state index is 0.0971. The molecule has 0 aliphatic carbocycles. The van der Waals surface area contributed by atoms with Crippen LogP contribution in [0.15, 0.2) is 42.7 Å². The van der Waals surface area contributed by atoms with Crippen LogP contribution in [0.1, 0.15) is 16.7 Å². The highest BCUT2D eigenvalue weighted by Gasteiger charge is 2.25.